The molecule has 0 radical (unpaired) electrons. The van der Waals surface area contributed by atoms with Gasteiger partial charge < -0.3 is 9.15 Å². The molecule has 29 heavy (non-hydrogen) atoms. The second-order valence-electron chi connectivity index (χ2n) is 7.54. The SMILES string of the molecule is Clc1cc2c(c(-c3ccnc4ccsc34)c1)O[C@@H](c1ocnc1CN1CCC1)C2. The molecule has 1 saturated heterocycles. The van der Waals surface area contributed by atoms with Crippen LogP contribution in [0.1, 0.15) is 29.5 Å². The van der Waals surface area contributed by atoms with Gasteiger partial charge in [0.15, 0.2) is 18.3 Å². The molecule has 0 aliphatic carbocycles. The summed E-state index contributed by atoms with van der Waals surface area (Å²) in [4.78, 5) is 11.3. The molecule has 0 bridgehead atoms. The Balaban J connectivity index is 1.39. The summed E-state index contributed by atoms with van der Waals surface area (Å²) < 4.78 is 13.4. The van der Waals surface area contributed by atoms with Crippen LogP contribution in [-0.2, 0) is 13.0 Å². The fourth-order valence-electron chi connectivity index (χ4n) is 4.17. The molecular weight excluding hydrogens is 406 g/mol. The lowest BCUT2D eigenvalue weighted by molar-refractivity contribution is 0.162. The number of benzene rings is 1. The minimum atomic E-state index is -0.179. The maximum Gasteiger partial charge on any atom is 0.181 e. The highest BCUT2D eigenvalue weighted by molar-refractivity contribution is 7.17. The van der Waals surface area contributed by atoms with Gasteiger partial charge in [0.1, 0.15) is 11.4 Å². The van der Waals surface area contributed by atoms with E-state index in [1.807, 2.05) is 30.5 Å². The third-order valence-electron chi connectivity index (χ3n) is 5.72. The number of aromatic nitrogens is 2. The first kappa shape index (κ1) is 17.4. The van der Waals surface area contributed by atoms with E-state index in [0.717, 1.165) is 70.2 Å². The molecule has 1 aromatic carbocycles. The summed E-state index contributed by atoms with van der Waals surface area (Å²) >= 11 is 8.17. The minimum Gasteiger partial charge on any atom is -0.481 e. The topological polar surface area (TPSA) is 51.4 Å². The van der Waals surface area contributed by atoms with Crippen LogP contribution in [0.5, 0.6) is 5.75 Å². The summed E-state index contributed by atoms with van der Waals surface area (Å²) in [5.41, 5.74) is 5.17. The van der Waals surface area contributed by atoms with Crippen molar-refractivity contribution in [1.29, 1.82) is 0 Å². The number of hydrogen-bond donors (Lipinski definition) is 0. The van der Waals surface area contributed by atoms with Crippen LogP contribution in [0, 0.1) is 0 Å². The molecule has 6 rings (SSSR count). The average molecular weight is 424 g/mol. The van der Waals surface area contributed by atoms with Crippen LogP contribution in [0.25, 0.3) is 21.3 Å². The zero-order chi connectivity index (χ0) is 19.4. The average Bonchev–Trinajstić information content (AvgIpc) is 3.41. The van der Waals surface area contributed by atoms with Gasteiger partial charge in [-0.15, -0.1) is 11.3 Å². The Morgan fingerprint density at radius 3 is 2.97 bits per heavy atom. The maximum absolute atomic E-state index is 6.49. The van der Waals surface area contributed by atoms with Gasteiger partial charge in [0.25, 0.3) is 0 Å². The second kappa shape index (κ2) is 6.83. The molecule has 1 atom stereocenters. The van der Waals surface area contributed by atoms with E-state index in [2.05, 4.69) is 20.2 Å². The number of halogens is 1. The molecule has 0 unspecified atom stereocenters. The number of oxazole rings is 1. The molecule has 0 amide bonds. The van der Waals surface area contributed by atoms with Crippen LogP contribution in [0.4, 0.5) is 0 Å². The molecule has 3 aromatic heterocycles. The molecule has 1 fully saturated rings. The molecule has 4 aromatic rings. The number of hydrogen-bond acceptors (Lipinski definition) is 6. The number of fused-ring (bicyclic) bond motifs is 2. The van der Waals surface area contributed by atoms with E-state index in [1.165, 1.54) is 12.8 Å². The van der Waals surface area contributed by atoms with Crippen molar-refractivity contribution in [2.45, 2.75) is 25.5 Å². The molecule has 2 aliphatic rings. The number of thiophene rings is 1. The van der Waals surface area contributed by atoms with Crippen LogP contribution in [-0.4, -0.2) is 28.0 Å². The van der Waals surface area contributed by atoms with E-state index >= 15 is 0 Å². The molecule has 0 saturated carbocycles. The van der Waals surface area contributed by atoms with Gasteiger partial charge in [0.05, 0.1) is 10.2 Å². The molecule has 0 spiro atoms. The summed E-state index contributed by atoms with van der Waals surface area (Å²) in [6, 6.07) is 8.05. The number of likely N-dealkylation sites (tertiary alicyclic amines) is 1. The lowest BCUT2D eigenvalue weighted by Crippen LogP contribution is -2.36. The maximum atomic E-state index is 6.49. The van der Waals surface area contributed by atoms with Crippen molar-refractivity contribution in [2.75, 3.05) is 13.1 Å². The monoisotopic (exact) mass is 423 g/mol. The van der Waals surface area contributed by atoms with Crippen LogP contribution in [0.15, 0.2) is 46.7 Å². The Labute approximate surface area is 176 Å². The standard InChI is InChI=1S/C22H18ClN3O2S/c23-14-8-13-9-19(21-18(25-12-27-21)11-26-5-1-6-26)28-20(13)16(10-14)15-2-4-24-17-3-7-29-22(15)17/h2-4,7-8,10,12,19H,1,5-6,9,11H2/t19-/m1/s1. The van der Waals surface area contributed by atoms with Crippen molar-refractivity contribution in [3.8, 4) is 16.9 Å². The van der Waals surface area contributed by atoms with Crippen LogP contribution in [0.3, 0.4) is 0 Å². The Morgan fingerprint density at radius 1 is 1.17 bits per heavy atom. The van der Waals surface area contributed by atoms with E-state index < -0.39 is 0 Å². The Bertz CT molecular complexity index is 1210. The van der Waals surface area contributed by atoms with Crippen LogP contribution in [0.2, 0.25) is 5.02 Å². The predicted octanol–water partition coefficient (Wildman–Crippen LogP) is 5.49. The summed E-state index contributed by atoms with van der Waals surface area (Å²) in [5, 5.41) is 2.77. The van der Waals surface area contributed by atoms with E-state index in [-0.39, 0.29) is 6.10 Å². The van der Waals surface area contributed by atoms with Crippen molar-refractivity contribution in [3.63, 3.8) is 0 Å². The first-order valence-electron chi connectivity index (χ1n) is 9.72. The molecule has 0 N–H and O–H groups in total. The largest absolute Gasteiger partial charge is 0.481 e. The highest BCUT2D eigenvalue weighted by Gasteiger charge is 2.33. The summed E-state index contributed by atoms with van der Waals surface area (Å²) in [7, 11) is 0. The van der Waals surface area contributed by atoms with E-state index in [0.29, 0.717) is 5.02 Å². The minimum absolute atomic E-state index is 0.179. The Morgan fingerprint density at radius 2 is 2.10 bits per heavy atom. The lowest BCUT2D eigenvalue weighted by atomic mass is 10.0. The van der Waals surface area contributed by atoms with Crippen molar-refractivity contribution >= 4 is 33.2 Å². The fourth-order valence-corrected chi connectivity index (χ4v) is 5.29. The zero-order valence-corrected chi connectivity index (χ0v) is 17.2. The quantitative estimate of drug-likeness (QED) is 0.434. The van der Waals surface area contributed by atoms with Crippen LogP contribution >= 0.6 is 22.9 Å². The Hall–Kier alpha value is -2.41. The number of nitrogens with zero attached hydrogens (tertiary/aromatic N) is 3. The van der Waals surface area contributed by atoms with Gasteiger partial charge in [-0.05, 0) is 49.2 Å². The smallest absolute Gasteiger partial charge is 0.181 e. The summed E-state index contributed by atoms with van der Waals surface area (Å²) in [6.07, 6.45) is 5.17. The lowest BCUT2D eigenvalue weighted by Gasteiger charge is -2.30. The third-order valence-corrected chi connectivity index (χ3v) is 6.87. The van der Waals surface area contributed by atoms with Crippen molar-refractivity contribution in [2.24, 2.45) is 0 Å². The summed E-state index contributed by atoms with van der Waals surface area (Å²) in [5.74, 6) is 1.71. The van der Waals surface area contributed by atoms with Gasteiger partial charge in [-0.2, -0.15) is 0 Å². The number of ether oxygens (including phenoxy) is 1. The van der Waals surface area contributed by atoms with Gasteiger partial charge in [-0.3, -0.25) is 9.88 Å². The second-order valence-corrected chi connectivity index (χ2v) is 8.89. The van der Waals surface area contributed by atoms with Gasteiger partial charge in [0, 0.05) is 40.9 Å². The number of rotatable bonds is 4. The van der Waals surface area contributed by atoms with Crippen molar-refractivity contribution in [1.82, 2.24) is 14.9 Å². The predicted molar refractivity (Wildman–Crippen MR) is 114 cm³/mol. The molecule has 146 valence electrons. The van der Waals surface area contributed by atoms with Gasteiger partial charge in [-0.1, -0.05) is 11.6 Å². The molecular formula is C22H18ClN3O2S. The number of pyridine rings is 1. The van der Waals surface area contributed by atoms with Crippen molar-refractivity contribution in [3.05, 3.63) is 64.3 Å². The van der Waals surface area contributed by atoms with Crippen LogP contribution < -0.4 is 4.74 Å². The molecule has 5 heterocycles. The van der Waals surface area contributed by atoms with Crippen molar-refractivity contribution < 1.29 is 9.15 Å². The summed E-state index contributed by atoms with van der Waals surface area (Å²) in [6.45, 7) is 3.06. The van der Waals surface area contributed by atoms with E-state index in [1.54, 1.807) is 11.3 Å². The fraction of sp³-hybridized carbons (Fsp3) is 0.273. The highest BCUT2D eigenvalue weighted by Crippen LogP contribution is 2.47. The normalized spacial score (nSPS) is 18.6. The zero-order valence-electron chi connectivity index (χ0n) is 15.6. The molecule has 7 heteroatoms. The van der Waals surface area contributed by atoms with E-state index in [9.17, 15) is 0 Å². The van der Waals surface area contributed by atoms with E-state index in [4.69, 9.17) is 20.8 Å². The Kier molecular flexibility index (Phi) is 4.11. The van der Waals surface area contributed by atoms with Gasteiger partial charge >= 0.3 is 0 Å². The molecule has 5 nitrogen and oxygen atoms in total. The highest BCUT2D eigenvalue weighted by atomic mass is 35.5. The molecule has 2 aliphatic heterocycles. The van der Waals surface area contributed by atoms with Gasteiger partial charge in [-0.25, -0.2) is 4.98 Å². The first-order chi connectivity index (χ1) is 14.3. The third kappa shape index (κ3) is 2.94. The first-order valence-corrected chi connectivity index (χ1v) is 11.0. The van der Waals surface area contributed by atoms with Gasteiger partial charge in [0.2, 0.25) is 0 Å².